The lowest BCUT2D eigenvalue weighted by atomic mass is 10.3. The number of nitrogens with zero attached hydrogens (tertiary/aromatic N) is 4. The molecule has 0 aliphatic rings. The summed E-state index contributed by atoms with van der Waals surface area (Å²) >= 11 is 0. The van der Waals surface area contributed by atoms with Crippen LogP contribution in [0.25, 0.3) is 0 Å². The van der Waals surface area contributed by atoms with Gasteiger partial charge in [-0.3, -0.25) is 0 Å². The Morgan fingerprint density at radius 1 is 1.22 bits per heavy atom. The average Bonchev–Trinajstić information content (AvgIpc) is 2.39. The van der Waals surface area contributed by atoms with E-state index >= 15 is 0 Å². The van der Waals surface area contributed by atoms with E-state index in [1.807, 2.05) is 0 Å². The van der Waals surface area contributed by atoms with Gasteiger partial charge in [-0.05, 0) is 46.5 Å². The molecule has 1 rings (SSSR count). The van der Waals surface area contributed by atoms with Crippen LogP contribution in [0.2, 0.25) is 0 Å². The van der Waals surface area contributed by atoms with Crippen molar-refractivity contribution < 1.29 is 14.2 Å². The molecule has 0 aliphatic carbocycles. The van der Waals surface area contributed by atoms with Crippen LogP contribution in [0.4, 0.5) is 0 Å². The maximum atomic E-state index is 6.30. The summed E-state index contributed by atoms with van der Waals surface area (Å²) in [6.45, 7) is 3.51. The van der Waals surface area contributed by atoms with Gasteiger partial charge in [-0.1, -0.05) is 5.10 Å². The Labute approximate surface area is 103 Å². The van der Waals surface area contributed by atoms with E-state index in [1.165, 1.54) is 0 Å². The minimum absolute atomic E-state index is 0.0157. The molecule has 94 valence electrons. The number of rotatable bonds is 7. The Bertz CT molecular complexity index is 455. The van der Waals surface area contributed by atoms with E-state index in [9.17, 15) is 0 Å². The van der Waals surface area contributed by atoms with Crippen LogP contribution in [0.5, 0.6) is 11.5 Å². The summed E-state index contributed by atoms with van der Waals surface area (Å²) in [6.07, 6.45) is 0.959. The molecule has 0 atom stereocenters. The van der Waals surface area contributed by atoms with E-state index in [2.05, 4.69) is 27.4 Å². The molecular weight excluding hydrogens is 238 g/mol. The molecule has 8 nitrogen and oxygen atoms in total. The number of hydrogen-bond acceptors (Lipinski definition) is 5. The minimum Gasteiger partial charge on any atom is -0.497 e. The molecule has 0 amide bonds. The molecule has 0 spiro atoms. The van der Waals surface area contributed by atoms with Crippen molar-refractivity contribution in [3.63, 3.8) is 0 Å². The van der Waals surface area contributed by atoms with Gasteiger partial charge in [0.25, 0.3) is 5.95 Å². The lowest BCUT2D eigenvalue weighted by molar-refractivity contribution is 0.227. The summed E-state index contributed by atoms with van der Waals surface area (Å²) in [5.74, 6) is 1.27. The Hall–Kier alpha value is -2.77. The maximum Gasteiger partial charge on any atom is 0.283 e. The van der Waals surface area contributed by atoms with Crippen molar-refractivity contribution in [3.05, 3.63) is 36.8 Å². The van der Waals surface area contributed by atoms with Gasteiger partial charge in [0.05, 0.1) is 7.11 Å². The highest BCUT2D eigenvalue weighted by Gasteiger charge is 1.98. The standard InChI is InChI=1S/C10H11N5O3/c1-8(17-7-12-14-15-13-11)18-10-5-3-9(16-2)4-6-10/h3-7,11H,1H2,2H3/b12-7+,13-11?,15-14+. The number of benzene rings is 1. The Morgan fingerprint density at radius 3 is 2.50 bits per heavy atom. The zero-order chi connectivity index (χ0) is 13.2. The maximum absolute atomic E-state index is 6.30. The fourth-order valence-electron chi connectivity index (χ4n) is 0.946. The summed E-state index contributed by atoms with van der Waals surface area (Å²) < 4.78 is 15.1. The zero-order valence-electron chi connectivity index (χ0n) is 9.61. The van der Waals surface area contributed by atoms with Crippen LogP contribution >= 0.6 is 0 Å². The van der Waals surface area contributed by atoms with Crippen LogP contribution < -0.4 is 9.47 Å². The summed E-state index contributed by atoms with van der Waals surface area (Å²) in [5.41, 5.74) is 6.30. The van der Waals surface area contributed by atoms with Gasteiger partial charge in [-0.15, -0.1) is 0 Å². The van der Waals surface area contributed by atoms with E-state index in [0.717, 1.165) is 12.2 Å². The van der Waals surface area contributed by atoms with Crippen molar-refractivity contribution in [1.29, 1.82) is 5.53 Å². The Kier molecular flexibility index (Phi) is 5.54. The molecule has 0 saturated carbocycles. The smallest absolute Gasteiger partial charge is 0.283 e. The van der Waals surface area contributed by atoms with Crippen molar-refractivity contribution >= 4 is 6.40 Å². The minimum atomic E-state index is 0.0157. The molecule has 1 aromatic carbocycles. The molecule has 0 unspecified atom stereocenters. The zero-order valence-corrected chi connectivity index (χ0v) is 9.61. The van der Waals surface area contributed by atoms with Crippen LogP contribution in [0.15, 0.2) is 57.6 Å². The quantitative estimate of drug-likeness (QED) is 0.264. The third kappa shape index (κ3) is 4.84. The Balaban J connectivity index is 2.41. The number of nitrogens with one attached hydrogen (secondary N) is 1. The van der Waals surface area contributed by atoms with Crippen LogP contribution in [0.1, 0.15) is 0 Å². The molecule has 0 heterocycles. The third-order valence-corrected chi connectivity index (χ3v) is 1.66. The first-order chi connectivity index (χ1) is 8.76. The molecule has 1 N–H and O–H groups in total. The van der Waals surface area contributed by atoms with E-state index in [1.54, 1.807) is 31.4 Å². The van der Waals surface area contributed by atoms with Gasteiger partial charge >= 0.3 is 0 Å². The topological polar surface area (TPSA) is 101 Å². The molecule has 1 aromatic rings. The SMILES string of the molecule is C=C(O/C=N/N=N/N=N)Oc1ccc(OC)cc1. The average molecular weight is 249 g/mol. The first-order valence-corrected chi connectivity index (χ1v) is 4.72. The second-order valence-corrected chi connectivity index (χ2v) is 2.77. The third-order valence-electron chi connectivity index (χ3n) is 1.66. The van der Waals surface area contributed by atoms with E-state index in [0.29, 0.717) is 5.75 Å². The predicted molar refractivity (Wildman–Crippen MR) is 62.3 cm³/mol. The summed E-state index contributed by atoms with van der Waals surface area (Å²) in [5, 5.41) is 11.9. The molecule has 0 bridgehead atoms. The Morgan fingerprint density at radius 2 is 1.89 bits per heavy atom. The molecule has 0 aliphatic heterocycles. The molecule has 0 saturated heterocycles. The van der Waals surface area contributed by atoms with E-state index in [-0.39, 0.29) is 5.95 Å². The molecule has 0 radical (unpaired) electrons. The van der Waals surface area contributed by atoms with Crippen molar-refractivity contribution in [3.8, 4) is 11.5 Å². The predicted octanol–water partition coefficient (Wildman–Crippen LogP) is 2.90. The molecule has 8 heteroatoms. The second kappa shape index (κ2) is 7.49. The van der Waals surface area contributed by atoms with E-state index in [4.69, 9.17) is 19.7 Å². The highest BCUT2D eigenvalue weighted by atomic mass is 16.7. The van der Waals surface area contributed by atoms with Gasteiger partial charge in [0.2, 0.25) is 6.40 Å². The lowest BCUT2D eigenvalue weighted by Crippen LogP contribution is -1.97. The van der Waals surface area contributed by atoms with Crippen molar-refractivity contribution in [1.82, 2.24) is 0 Å². The fraction of sp³-hybridized carbons (Fsp3) is 0.100. The molecular formula is C10H11N5O3. The van der Waals surface area contributed by atoms with Gasteiger partial charge in [0.1, 0.15) is 11.5 Å². The number of methoxy groups -OCH3 is 1. The first kappa shape index (κ1) is 13.3. The molecule has 0 aromatic heterocycles. The van der Waals surface area contributed by atoms with Crippen molar-refractivity contribution in [2.45, 2.75) is 0 Å². The monoisotopic (exact) mass is 249 g/mol. The summed E-state index contributed by atoms with van der Waals surface area (Å²) in [4.78, 5) is 0. The summed E-state index contributed by atoms with van der Waals surface area (Å²) in [7, 11) is 1.58. The molecule has 18 heavy (non-hydrogen) atoms. The van der Waals surface area contributed by atoms with Crippen molar-refractivity contribution in [2.75, 3.05) is 7.11 Å². The lowest BCUT2D eigenvalue weighted by Gasteiger charge is -2.06. The van der Waals surface area contributed by atoms with Gasteiger partial charge < -0.3 is 14.2 Å². The van der Waals surface area contributed by atoms with Gasteiger partial charge in [-0.25, -0.2) is 0 Å². The van der Waals surface area contributed by atoms with Gasteiger partial charge in [-0.2, -0.15) is 5.53 Å². The number of ether oxygens (including phenoxy) is 3. The van der Waals surface area contributed by atoms with Gasteiger partial charge in [0, 0.05) is 0 Å². The van der Waals surface area contributed by atoms with Gasteiger partial charge in [0.15, 0.2) is 0 Å². The first-order valence-electron chi connectivity index (χ1n) is 4.72. The number of hydrogen-bond donors (Lipinski definition) is 1. The van der Waals surface area contributed by atoms with Crippen LogP contribution in [0, 0.1) is 5.53 Å². The van der Waals surface area contributed by atoms with E-state index < -0.39 is 0 Å². The largest absolute Gasteiger partial charge is 0.497 e. The summed E-state index contributed by atoms with van der Waals surface area (Å²) in [6, 6.07) is 6.87. The van der Waals surface area contributed by atoms with Crippen LogP contribution in [-0.2, 0) is 4.74 Å². The highest BCUT2D eigenvalue weighted by Crippen LogP contribution is 2.18. The highest BCUT2D eigenvalue weighted by molar-refractivity contribution is 5.47. The second-order valence-electron chi connectivity index (χ2n) is 2.77. The molecule has 0 fully saturated rings. The fourth-order valence-corrected chi connectivity index (χ4v) is 0.946. The van der Waals surface area contributed by atoms with Crippen LogP contribution in [0.3, 0.4) is 0 Å². The normalized spacial score (nSPS) is 10.5. The van der Waals surface area contributed by atoms with Crippen molar-refractivity contribution in [2.24, 2.45) is 20.8 Å². The van der Waals surface area contributed by atoms with Crippen LogP contribution in [-0.4, -0.2) is 13.5 Å².